The molecule has 2 heterocycles. The molecule has 0 fully saturated rings. The Morgan fingerprint density at radius 3 is 2.34 bits per heavy atom. The molecule has 3 amide bonds. The molecule has 0 saturated heterocycles. The molecule has 1 unspecified atom stereocenters. The van der Waals surface area contributed by atoms with E-state index in [0.29, 0.717) is 12.1 Å². The average Bonchev–Trinajstić information content (AvgIpc) is 3.22. The van der Waals surface area contributed by atoms with Crippen LogP contribution >= 0.6 is 11.6 Å². The number of carbonyl (C=O) groups is 3. The Morgan fingerprint density at radius 2 is 1.71 bits per heavy atom. The molecule has 1 aromatic heterocycles. The monoisotopic (exact) mass is 554 g/mol. The number of fused-ring (bicyclic) bond motifs is 1. The van der Waals surface area contributed by atoms with Crippen LogP contribution in [-0.4, -0.2) is 29.3 Å². The zero-order valence-corrected chi connectivity index (χ0v) is 20.8. The van der Waals surface area contributed by atoms with E-state index in [4.69, 9.17) is 11.6 Å². The highest BCUT2D eigenvalue weighted by Crippen LogP contribution is 2.42. The third kappa shape index (κ3) is 4.71. The SMILES string of the molecule is CNC(=O)c1cc(NC(=O)c2cc(F)cc(C(F)(F)F)c2)c2n1C(C)(C)C(=O)NC2c1cc(F)ccc1Cl. The Kier molecular flexibility index (Phi) is 6.73. The van der Waals surface area contributed by atoms with E-state index in [9.17, 15) is 36.3 Å². The fourth-order valence-corrected chi connectivity index (χ4v) is 4.55. The summed E-state index contributed by atoms with van der Waals surface area (Å²) >= 11 is 6.30. The molecule has 3 N–H and O–H groups in total. The first kappa shape index (κ1) is 27.1. The molecule has 4 rings (SSSR count). The number of rotatable bonds is 4. The third-order valence-corrected chi connectivity index (χ3v) is 6.51. The van der Waals surface area contributed by atoms with Crippen LogP contribution in [0.15, 0.2) is 42.5 Å². The summed E-state index contributed by atoms with van der Waals surface area (Å²) in [6.45, 7) is 2.99. The topological polar surface area (TPSA) is 92.2 Å². The molecule has 1 aliphatic rings. The van der Waals surface area contributed by atoms with Crippen molar-refractivity contribution in [1.82, 2.24) is 15.2 Å². The van der Waals surface area contributed by atoms with E-state index in [1.807, 2.05) is 0 Å². The van der Waals surface area contributed by atoms with E-state index in [2.05, 4.69) is 16.0 Å². The van der Waals surface area contributed by atoms with E-state index >= 15 is 0 Å². The summed E-state index contributed by atoms with van der Waals surface area (Å²) in [7, 11) is 1.34. The van der Waals surface area contributed by atoms with Crippen molar-refractivity contribution in [2.75, 3.05) is 12.4 Å². The van der Waals surface area contributed by atoms with Crippen LogP contribution in [0.5, 0.6) is 0 Å². The quantitative estimate of drug-likeness (QED) is 0.396. The smallest absolute Gasteiger partial charge is 0.354 e. The van der Waals surface area contributed by atoms with Gasteiger partial charge in [-0.1, -0.05) is 11.6 Å². The van der Waals surface area contributed by atoms with Crippen molar-refractivity contribution in [3.8, 4) is 0 Å². The zero-order chi connectivity index (χ0) is 28.2. The molecule has 0 spiro atoms. The Morgan fingerprint density at radius 1 is 1.03 bits per heavy atom. The second-order valence-corrected chi connectivity index (χ2v) is 9.46. The normalized spacial score (nSPS) is 16.4. The molecule has 7 nitrogen and oxygen atoms in total. The highest BCUT2D eigenvalue weighted by Gasteiger charge is 2.45. The van der Waals surface area contributed by atoms with Gasteiger partial charge in [0.25, 0.3) is 11.8 Å². The van der Waals surface area contributed by atoms with Crippen LogP contribution in [0.3, 0.4) is 0 Å². The maximum absolute atomic E-state index is 14.2. The molecule has 1 aliphatic heterocycles. The van der Waals surface area contributed by atoms with Crippen LogP contribution in [0.2, 0.25) is 5.02 Å². The fraction of sp³-hybridized carbons (Fsp3) is 0.240. The first-order chi connectivity index (χ1) is 17.6. The highest BCUT2D eigenvalue weighted by atomic mass is 35.5. The van der Waals surface area contributed by atoms with Gasteiger partial charge in [0.2, 0.25) is 5.91 Å². The molecule has 0 bridgehead atoms. The van der Waals surface area contributed by atoms with Crippen LogP contribution < -0.4 is 16.0 Å². The van der Waals surface area contributed by atoms with Crippen molar-refractivity contribution in [2.24, 2.45) is 0 Å². The van der Waals surface area contributed by atoms with Crippen LogP contribution in [0, 0.1) is 11.6 Å². The summed E-state index contributed by atoms with van der Waals surface area (Å²) in [5.74, 6) is -4.30. The van der Waals surface area contributed by atoms with Crippen molar-refractivity contribution < 1.29 is 36.3 Å². The maximum Gasteiger partial charge on any atom is 0.416 e. The number of alkyl halides is 3. The van der Waals surface area contributed by atoms with Gasteiger partial charge >= 0.3 is 6.18 Å². The second kappa shape index (κ2) is 9.43. The van der Waals surface area contributed by atoms with Gasteiger partial charge in [0.05, 0.1) is 23.0 Å². The van der Waals surface area contributed by atoms with E-state index in [-0.39, 0.29) is 33.7 Å². The van der Waals surface area contributed by atoms with E-state index in [1.54, 1.807) is 0 Å². The maximum atomic E-state index is 14.2. The van der Waals surface area contributed by atoms with Gasteiger partial charge in [0.15, 0.2) is 0 Å². The number of aromatic nitrogens is 1. The molecule has 38 heavy (non-hydrogen) atoms. The van der Waals surface area contributed by atoms with Gasteiger partial charge in [-0.05, 0) is 56.3 Å². The molecular formula is C25H20ClF5N4O3. The number of carbonyl (C=O) groups excluding carboxylic acids is 3. The summed E-state index contributed by atoms with van der Waals surface area (Å²) in [6, 6.07) is 4.82. The highest BCUT2D eigenvalue weighted by molar-refractivity contribution is 6.31. The van der Waals surface area contributed by atoms with Crippen LogP contribution in [-0.2, 0) is 16.5 Å². The molecule has 13 heteroatoms. The van der Waals surface area contributed by atoms with Crippen molar-refractivity contribution in [1.29, 1.82) is 0 Å². The van der Waals surface area contributed by atoms with Crippen molar-refractivity contribution in [2.45, 2.75) is 31.6 Å². The molecule has 200 valence electrons. The number of nitrogens with zero attached hydrogens (tertiary/aromatic N) is 1. The van der Waals surface area contributed by atoms with Gasteiger partial charge < -0.3 is 20.5 Å². The largest absolute Gasteiger partial charge is 0.416 e. The van der Waals surface area contributed by atoms with Crippen molar-refractivity contribution in [3.63, 3.8) is 0 Å². The van der Waals surface area contributed by atoms with Crippen LogP contribution in [0.1, 0.15) is 57.6 Å². The predicted octanol–water partition coefficient (Wildman–Crippen LogP) is 5.00. The Bertz CT molecular complexity index is 1480. The van der Waals surface area contributed by atoms with E-state index < -0.39 is 58.2 Å². The second-order valence-electron chi connectivity index (χ2n) is 9.05. The average molecular weight is 555 g/mol. The lowest BCUT2D eigenvalue weighted by Gasteiger charge is -2.39. The molecule has 1 atom stereocenters. The lowest BCUT2D eigenvalue weighted by atomic mass is 9.93. The number of hydrogen-bond donors (Lipinski definition) is 3. The summed E-state index contributed by atoms with van der Waals surface area (Å²) in [5.41, 5.74) is -3.39. The van der Waals surface area contributed by atoms with E-state index in [1.165, 1.54) is 37.6 Å². The molecule has 2 aromatic carbocycles. The number of anilines is 1. The van der Waals surface area contributed by atoms with Gasteiger partial charge in [0, 0.05) is 23.2 Å². The molecular weight excluding hydrogens is 535 g/mol. The minimum Gasteiger partial charge on any atom is -0.354 e. The lowest BCUT2D eigenvalue weighted by Crippen LogP contribution is -2.53. The van der Waals surface area contributed by atoms with Crippen LogP contribution in [0.4, 0.5) is 27.6 Å². The summed E-state index contributed by atoms with van der Waals surface area (Å²) in [6.07, 6.45) is -4.91. The minimum atomic E-state index is -4.91. The van der Waals surface area contributed by atoms with Gasteiger partial charge in [-0.25, -0.2) is 8.78 Å². The predicted molar refractivity (Wildman–Crippen MR) is 128 cm³/mol. The fourth-order valence-electron chi connectivity index (χ4n) is 4.32. The number of nitrogens with one attached hydrogen (secondary N) is 3. The lowest BCUT2D eigenvalue weighted by molar-refractivity contribution is -0.137. The molecule has 0 radical (unpaired) electrons. The number of halogens is 6. The Balaban J connectivity index is 1.92. The first-order valence-electron chi connectivity index (χ1n) is 11.1. The third-order valence-electron chi connectivity index (χ3n) is 6.17. The Hall–Kier alpha value is -3.93. The number of amides is 3. The summed E-state index contributed by atoms with van der Waals surface area (Å²) in [5, 5.41) is 7.60. The number of benzene rings is 2. The van der Waals surface area contributed by atoms with Gasteiger partial charge in [-0.2, -0.15) is 13.2 Å². The number of hydrogen-bond acceptors (Lipinski definition) is 3. The molecule has 0 saturated carbocycles. The molecule has 3 aromatic rings. The summed E-state index contributed by atoms with van der Waals surface area (Å²) in [4.78, 5) is 38.9. The Labute approximate surface area is 218 Å². The molecule has 0 aliphatic carbocycles. The van der Waals surface area contributed by atoms with Gasteiger partial charge in [-0.3, -0.25) is 14.4 Å². The van der Waals surface area contributed by atoms with Crippen molar-refractivity contribution in [3.05, 3.63) is 87.2 Å². The van der Waals surface area contributed by atoms with Gasteiger partial charge in [-0.15, -0.1) is 0 Å². The van der Waals surface area contributed by atoms with E-state index in [0.717, 1.165) is 12.1 Å². The minimum absolute atomic E-state index is 0.0582. The van der Waals surface area contributed by atoms with Crippen molar-refractivity contribution >= 4 is 35.0 Å². The standard InChI is InChI=1S/C25H20ClF5N4O3/c1-24(2)23(38)34-19(15-9-13(27)4-5-16(15)26)20-17(10-18(35(20)24)22(37)32-3)33-21(36)11-6-12(25(29,30)31)8-14(28)7-11/h4-10,19H,1-3H3,(H,32,37)(H,33,36)(H,34,38). The first-order valence-corrected chi connectivity index (χ1v) is 11.5. The van der Waals surface area contributed by atoms with Gasteiger partial charge in [0.1, 0.15) is 22.9 Å². The summed E-state index contributed by atoms with van der Waals surface area (Å²) < 4.78 is 69.1. The van der Waals surface area contributed by atoms with Crippen LogP contribution in [0.25, 0.3) is 0 Å². The zero-order valence-electron chi connectivity index (χ0n) is 20.1.